The average Bonchev–Trinajstić information content (AvgIpc) is 3.16. The van der Waals surface area contributed by atoms with E-state index in [4.69, 9.17) is 9.47 Å². The molecule has 0 bridgehead atoms. The van der Waals surface area contributed by atoms with E-state index in [0.717, 1.165) is 11.1 Å². The van der Waals surface area contributed by atoms with Gasteiger partial charge < -0.3 is 9.47 Å². The van der Waals surface area contributed by atoms with Gasteiger partial charge in [-0.15, -0.1) is 0 Å². The van der Waals surface area contributed by atoms with Crippen molar-refractivity contribution in [3.63, 3.8) is 0 Å². The zero-order valence-corrected chi connectivity index (χ0v) is 15.3. The first kappa shape index (κ1) is 18.0. The van der Waals surface area contributed by atoms with Gasteiger partial charge in [0.05, 0.1) is 19.1 Å². The van der Waals surface area contributed by atoms with Crippen LogP contribution in [-0.2, 0) is 11.4 Å². The Morgan fingerprint density at radius 3 is 2.79 bits per heavy atom. The molecule has 1 unspecified atom stereocenters. The third-order valence-corrected chi connectivity index (χ3v) is 4.46. The van der Waals surface area contributed by atoms with E-state index in [1.807, 2.05) is 25.1 Å². The van der Waals surface area contributed by atoms with Gasteiger partial charge in [0.2, 0.25) is 11.9 Å². The Morgan fingerprint density at radius 1 is 1.18 bits per heavy atom. The Balaban J connectivity index is 1.59. The van der Waals surface area contributed by atoms with Gasteiger partial charge in [0.15, 0.2) is 11.5 Å². The number of rotatable bonds is 6. The molecule has 28 heavy (non-hydrogen) atoms. The standard InChI is InChI=1S/C20H19FN4O3/c1-2-27-18-9-14(16-10-19(26)24-20-22-12-23-25(16)20)5-8-17(18)28-11-13-3-6-15(21)7-4-13/h3-9,12,16H,2,10-11H2,1H3,(H,22,23,24,26). The van der Waals surface area contributed by atoms with Crippen molar-refractivity contribution in [2.24, 2.45) is 0 Å². The summed E-state index contributed by atoms with van der Waals surface area (Å²) >= 11 is 0. The normalized spacial score (nSPS) is 15.6. The van der Waals surface area contributed by atoms with Crippen molar-refractivity contribution < 1.29 is 18.7 Å². The SMILES string of the molecule is CCOc1cc(C2CC(=O)Nc3ncnn32)ccc1OCc1ccc(F)cc1. The molecule has 1 aliphatic heterocycles. The Labute approximate surface area is 161 Å². The highest BCUT2D eigenvalue weighted by molar-refractivity contribution is 5.91. The van der Waals surface area contributed by atoms with E-state index in [0.29, 0.717) is 30.7 Å². The van der Waals surface area contributed by atoms with Crippen LogP contribution in [0.5, 0.6) is 11.5 Å². The topological polar surface area (TPSA) is 78.3 Å². The number of anilines is 1. The van der Waals surface area contributed by atoms with Crippen molar-refractivity contribution in [1.29, 1.82) is 0 Å². The lowest BCUT2D eigenvalue weighted by Gasteiger charge is -2.24. The molecule has 1 N–H and O–H groups in total. The van der Waals surface area contributed by atoms with Crippen LogP contribution >= 0.6 is 0 Å². The minimum atomic E-state index is -0.285. The predicted octanol–water partition coefficient (Wildman–Crippen LogP) is 3.33. The summed E-state index contributed by atoms with van der Waals surface area (Å²) in [5, 5.41) is 6.92. The van der Waals surface area contributed by atoms with E-state index in [1.165, 1.54) is 18.5 Å². The number of nitrogens with zero attached hydrogens (tertiary/aromatic N) is 3. The summed E-state index contributed by atoms with van der Waals surface area (Å²) in [5.74, 6) is 1.19. The highest BCUT2D eigenvalue weighted by Gasteiger charge is 2.28. The molecule has 0 fully saturated rings. The van der Waals surface area contributed by atoms with E-state index in [2.05, 4.69) is 15.4 Å². The number of ether oxygens (including phenoxy) is 2. The molecule has 1 aliphatic rings. The number of hydrogen-bond acceptors (Lipinski definition) is 5. The zero-order chi connectivity index (χ0) is 19.5. The van der Waals surface area contributed by atoms with Crippen molar-refractivity contribution in [2.45, 2.75) is 26.0 Å². The predicted molar refractivity (Wildman–Crippen MR) is 99.8 cm³/mol. The lowest BCUT2D eigenvalue weighted by Crippen LogP contribution is -2.29. The molecular weight excluding hydrogens is 363 g/mol. The fraction of sp³-hybridized carbons (Fsp3) is 0.250. The zero-order valence-electron chi connectivity index (χ0n) is 15.3. The summed E-state index contributed by atoms with van der Waals surface area (Å²) in [6.07, 6.45) is 1.68. The molecule has 4 rings (SSSR count). The van der Waals surface area contributed by atoms with Crippen LogP contribution < -0.4 is 14.8 Å². The van der Waals surface area contributed by atoms with Crippen LogP contribution in [0.3, 0.4) is 0 Å². The molecule has 8 heteroatoms. The van der Waals surface area contributed by atoms with Gasteiger partial charge in [-0.2, -0.15) is 10.1 Å². The first-order chi connectivity index (χ1) is 13.6. The second-order valence-electron chi connectivity index (χ2n) is 6.35. The molecule has 7 nitrogen and oxygen atoms in total. The highest BCUT2D eigenvalue weighted by atomic mass is 19.1. The molecular formula is C20H19FN4O3. The number of amides is 1. The van der Waals surface area contributed by atoms with E-state index in [9.17, 15) is 9.18 Å². The van der Waals surface area contributed by atoms with Crippen molar-refractivity contribution in [3.05, 3.63) is 65.7 Å². The maximum absolute atomic E-state index is 13.0. The number of fused-ring (bicyclic) bond motifs is 1. The Hall–Kier alpha value is -3.42. The van der Waals surface area contributed by atoms with E-state index in [-0.39, 0.29) is 24.2 Å². The minimum Gasteiger partial charge on any atom is -0.490 e. The van der Waals surface area contributed by atoms with E-state index in [1.54, 1.807) is 16.8 Å². The maximum Gasteiger partial charge on any atom is 0.229 e. The van der Waals surface area contributed by atoms with Gasteiger partial charge in [-0.25, -0.2) is 9.07 Å². The number of aromatic nitrogens is 3. The number of hydrogen-bond donors (Lipinski definition) is 1. The van der Waals surface area contributed by atoms with Crippen LogP contribution in [0.25, 0.3) is 0 Å². The van der Waals surface area contributed by atoms with Crippen LogP contribution in [0.15, 0.2) is 48.8 Å². The summed E-state index contributed by atoms with van der Waals surface area (Å²) in [5.41, 5.74) is 1.73. The number of halogens is 1. The second-order valence-corrected chi connectivity index (χ2v) is 6.35. The Morgan fingerprint density at radius 2 is 2.00 bits per heavy atom. The van der Waals surface area contributed by atoms with Crippen LogP contribution in [0.4, 0.5) is 10.3 Å². The Kier molecular flexibility index (Phi) is 4.92. The molecule has 144 valence electrons. The maximum atomic E-state index is 13.0. The van der Waals surface area contributed by atoms with Gasteiger partial charge in [-0.3, -0.25) is 10.1 Å². The second kappa shape index (κ2) is 7.67. The van der Waals surface area contributed by atoms with Gasteiger partial charge in [0.1, 0.15) is 18.8 Å². The van der Waals surface area contributed by atoms with Crippen LogP contribution in [0.1, 0.15) is 30.5 Å². The number of carbonyl (C=O) groups is 1. The molecule has 2 heterocycles. The van der Waals surface area contributed by atoms with Crippen LogP contribution in [-0.4, -0.2) is 27.3 Å². The van der Waals surface area contributed by atoms with Gasteiger partial charge in [-0.05, 0) is 42.3 Å². The molecule has 0 aliphatic carbocycles. The van der Waals surface area contributed by atoms with Crippen molar-refractivity contribution in [2.75, 3.05) is 11.9 Å². The summed E-state index contributed by atoms with van der Waals surface area (Å²) in [7, 11) is 0. The van der Waals surface area contributed by atoms with Gasteiger partial charge >= 0.3 is 0 Å². The van der Waals surface area contributed by atoms with E-state index >= 15 is 0 Å². The minimum absolute atomic E-state index is 0.111. The first-order valence-corrected chi connectivity index (χ1v) is 8.97. The van der Waals surface area contributed by atoms with Gasteiger partial charge in [0.25, 0.3) is 0 Å². The number of carbonyl (C=O) groups excluding carboxylic acids is 1. The van der Waals surface area contributed by atoms with E-state index < -0.39 is 0 Å². The molecule has 0 saturated carbocycles. The molecule has 2 aromatic carbocycles. The summed E-state index contributed by atoms with van der Waals surface area (Å²) in [4.78, 5) is 16.1. The summed E-state index contributed by atoms with van der Waals surface area (Å²) in [6.45, 7) is 2.65. The monoisotopic (exact) mass is 382 g/mol. The molecule has 1 aromatic heterocycles. The summed E-state index contributed by atoms with van der Waals surface area (Å²) < 4.78 is 26.3. The number of benzene rings is 2. The smallest absolute Gasteiger partial charge is 0.229 e. The molecule has 0 radical (unpaired) electrons. The molecule has 0 saturated heterocycles. The average molecular weight is 382 g/mol. The van der Waals surface area contributed by atoms with Crippen molar-refractivity contribution in [1.82, 2.24) is 14.8 Å². The lowest BCUT2D eigenvalue weighted by molar-refractivity contribution is -0.117. The third-order valence-electron chi connectivity index (χ3n) is 4.46. The third kappa shape index (κ3) is 3.66. The Bertz CT molecular complexity index is 987. The number of nitrogens with one attached hydrogen (secondary N) is 1. The molecule has 1 atom stereocenters. The molecule has 1 amide bonds. The summed E-state index contributed by atoms with van der Waals surface area (Å²) in [6, 6.07) is 11.4. The van der Waals surface area contributed by atoms with Crippen molar-refractivity contribution >= 4 is 11.9 Å². The lowest BCUT2D eigenvalue weighted by atomic mass is 10.0. The van der Waals surface area contributed by atoms with Gasteiger partial charge in [0, 0.05) is 0 Å². The fourth-order valence-electron chi connectivity index (χ4n) is 3.13. The van der Waals surface area contributed by atoms with Crippen LogP contribution in [0.2, 0.25) is 0 Å². The van der Waals surface area contributed by atoms with Gasteiger partial charge in [-0.1, -0.05) is 18.2 Å². The first-order valence-electron chi connectivity index (χ1n) is 8.97. The largest absolute Gasteiger partial charge is 0.490 e. The fourth-order valence-corrected chi connectivity index (χ4v) is 3.13. The van der Waals surface area contributed by atoms with Crippen molar-refractivity contribution in [3.8, 4) is 11.5 Å². The quantitative estimate of drug-likeness (QED) is 0.708. The molecule has 0 spiro atoms. The van der Waals surface area contributed by atoms with Crippen LogP contribution in [0, 0.1) is 5.82 Å². The highest BCUT2D eigenvalue weighted by Crippen LogP contribution is 2.35. The molecule has 3 aromatic rings.